The molecule has 1 aromatic heterocycles. The number of carbonyl (C=O) groups excluding carboxylic acids is 1. The van der Waals surface area contributed by atoms with Crippen LogP contribution in [-0.2, 0) is 7.05 Å². The van der Waals surface area contributed by atoms with Gasteiger partial charge in [-0.1, -0.05) is 0 Å². The van der Waals surface area contributed by atoms with Crippen molar-refractivity contribution in [3.8, 4) is 0 Å². The van der Waals surface area contributed by atoms with Gasteiger partial charge in [0, 0.05) is 36.6 Å². The van der Waals surface area contributed by atoms with Gasteiger partial charge >= 0.3 is 0 Å². The monoisotopic (exact) mass is 305 g/mol. The minimum Gasteiger partial charge on any atom is -0.395 e. The molecule has 118 valence electrons. The van der Waals surface area contributed by atoms with E-state index in [-0.39, 0.29) is 30.4 Å². The highest BCUT2D eigenvalue weighted by Crippen LogP contribution is 2.21. The first kappa shape index (κ1) is 15.0. The zero-order valence-corrected chi connectivity index (χ0v) is 12.7. The number of amides is 1. The quantitative estimate of drug-likeness (QED) is 0.893. The summed E-state index contributed by atoms with van der Waals surface area (Å²) in [6.45, 7) is 0.811. The number of aryl methyl sites for hydroxylation is 1. The lowest BCUT2D eigenvalue weighted by Crippen LogP contribution is -2.37. The summed E-state index contributed by atoms with van der Waals surface area (Å²) in [5.74, 6) is -0.482. The van der Waals surface area contributed by atoms with Gasteiger partial charge in [0.25, 0.3) is 5.91 Å². The van der Waals surface area contributed by atoms with Crippen molar-refractivity contribution in [3.05, 3.63) is 35.8 Å². The van der Waals surface area contributed by atoms with Gasteiger partial charge in [-0.05, 0) is 37.7 Å². The molecule has 0 spiro atoms. The Balaban J connectivity index is 1.80. The smallest absolute Gasteiger partial charge is 0.268 e. The number of nitrogens with one attached hydrogen (secondary N) is 1. The van der Waals surface area contributed by atoms with Crippen LogP contribution in [0.4, 0.5) is 4.39 Å². The molecule has 2 atom stereocenters. The van der Waals surface area contributed by atoms with Crippen molar-refractivity contribution in [1.82, 2.24) is 14.8 Å². The van der Waals surface area contributed by atoms with Crippen molar-refractivity contribution in [3.63, 3.8) is 0 Å². The molecular formula is C16H20FN3O2. The van der Waals surface area contributed by atoms with Crippen LogP contribution in [0, 0.1) is 5.82 Å². The zero-order valence-electron chi connectivity index (χ0n) is 12.7. The van der Waals surface area contributed by atoms with E-state index < -0.39 is 0 Å². The van der Waals surface area contributed by atoms with Crippen LogP contribution in [0.2, 0.25) is 0 Å². The summed E-state index contributed by atoms with van der Waals surface area (Å²) in [7, 11) is 3.74. The molecule has 22 heavy (non-hydrogen) atoms. The van der Waals surface area contributed by atoms with Crippen molar-refractivity contribution in [1.29, 1.82) is 0 Å². The van der Waals surface area contributed by atoms with Gasteiger partial charge in [-0.15, -0.1) is 0 Å². The van der Waals surface area contributed by atoms with Crippen LogP contribution in [0.5, 0.6) is 0 Å². The third-order valence-corrected chi connectivity index (χ3v) is 4.47. The molecule has 1 amide bonds. The average Bonchev–Trinajstić information content (AvgIpc) is 2.99. The third kappa shape index (κ3) is 2.60. The molecule has 2 heterocycles. The van der Waals surface area contributed by atoms with E-state index in [4.69, 9.17) is 0 Å². The number of nitrogens with zero attached hydrogens (tertiary/aromatic N) is 2. The molecule has 2 N–H and O–H groups in total. The Bertz CT molecular complexity index is 713. The second-order valence-electron chi connectivity index (χ2n) is 5.97. The molecule has 1 saturated heterocycles. The Kier molecular flexibility index (Phi) is 3.88. The van der Waals surface area contributed by atoms with Crippen LogP contribution in [-0.4, -0.2) is 52.8 Å². The first-order valence-corrected chi connectivity index (χ1v) is 7.36. The van der Waals surface area contributed by atoms with Crippen LogP contribution < -0.4 is 5.32 Å². The predicted octanol–water partition coefficient (Wildman–Crippen LogP) is 1.11. The lowest BCUT2D eigenvalue weighted by atomic mass is 10.2. The zero-order chi connectivity index (χ0) is 15.9. The second kappa shape index (κ2) is 5.70. The van der Waals surface area contributed by atoms with Crippen LogP contribution in [0.25, 0.3) is 10.9 Å². The first-order valence-electron chi connectivity index (χ1n) is 7.36. The summed E-state index contributed by atoms with van der Waals surface area (Å²) in [5.41, 5.74) is 1.33. The SMILES string of the molecule is CN1C[C@H](NC(=O)c2cc3cc(F)ccc3n2C)C[C@H]1CO. The van der Waals surface area contributed by atoms with Crippen LogP contribution >= 0.6 is 0 Å². The Morgan fingerprint density at radius 1 is 1.41 bits per heavy atom. The Labute approximate surface area is 128 Å². The summed E-state index contributed by atoms with van der Waals surface area (Å²) < 4.78 is 15.1. The lowest BCUT2D eigenvalue weighted by molar-refractivity contribution is 0.0930. The van der Waals surface area contributed by atoms with E-state index in [1.165, 1.54) is 12.1 Å². The molecule has 2 aromatic rings. The summed E-state index contributed by atoms with van der Waals surface area (Å²) >= 11 is 0. The maximum Gasteiger partial charge on any atom is 0.268 e. The number of fused-ring (bicyclic) bond motifs is 1. The van der Waals surface area contributed by atoms with Gasteiger partial charge in [0.2, 0.25) is 0 Å². The van der Waals surface area contributed by atoms with Crippen molar-refractivity contribution in [2.24, 2.45) is 7.05 Å². The maximum atomic E-state index is 13.3. The molecule has 0 aliphatic carbocycles. The van der Waals surface area contributed by atoms with Crippen LogP contribution in [0.1, 0.15) is 16.9 Å². The summed E-state index contributed by atoms with van der Waals surface area (Å²) in [6.07, 6.45) is 0.733. The van der Waals surface area contributed by atoms with E-state index in [2.05, 4.69) is 5.32 Å². The first-order chi connectivity index (χ1) is 10.5. The van der Waals surface area contributed by atoms with Gasteiger partial charge < -0.3 is 15.0 Å². The van der Waals surface area contributed by atoms with Gasteiger partial charge in [0.15, 0.2) is 0 Å². The topological polar surface area (TPSA) is 57.5 Å². The Morgan fingerprint density at radius 3 is 2.86 bits per heavy atom. The standard InChI is InChI=1S/C16H20FN3O2/c1-19-8-12(7-13(19)9-21)18-16(22)15-6-10-5-11(17)3-4-14(10)20(15)2/h3-6,12-13,21H,7-9H2,1-2H3,(H,18,22)/t12-,13+/m1/s1. The number of aromatic nitrogens is 1. The number of carbonyl (C=O) groups is 1. The molecule has 6 heteroatoms. The van der Waals surface area contributed by atoms with Crippen LogP contribution in [0.15, 0.2) is 24.3 Å². The third-order valence-electron chi connectivity index (χ3n) is 4.47. The fourth-order valence-corrected chi connectivity index (χ4v) is 3.20. The molecule has 1 fully saturated rings. The van der Waals surface area contributed by atoms with Gasteiger partial charge in [0.05, 0.1) is 6.61 Å². The summed E-state index contributed by atoms with van der Waals surface area (Å²) in [6, 6.07) is 6.30. The minimum atomic E-state index is -0.312. The Morgan fingerprint density at radius 2 is 2.18 bits per heavy atom. The van der Waals surface area contributed by atoms with Gasteiger partial charge in [-0.2, -0.15) is 0 Å². The number of hydrogen-bond acceptors (Lipinski definition) is 3. The molecule has 0 unspecified atom stereocenters. The van der Waals surface area contributed by atoms with Gasteiger partial charge in [-0.3, -0.25) is 9.69 Å². The Hall–Kier alpha value is -1.92. The maximum absolute atomic E-state index is 13.3. The highest BCUT2D eigenvalue weighted by Gasteiger charge is 2.30. The summed E-state index contributed by atoms with van der Waals surface area (Å²) in [4.78, 5) is 14.5. The highest BCUT2D eigenvalue weighted by atomic mass is 19.1. The van der Waals surface area contributed by atoms with E-state index >= 15 is 0 Å². The molecule has 3 rings (SSSR count). The number of hydrogen-bond donors (Lipinski definition) is 2. The average molecular weight is 305 g/mol. The molecule has 0 saturated carbocycles. The number of benzene rings is 1. The number of aliphatic hydroxyl groups excluding tert-OH is 1. The van der Waals surface area contributed by atoms with Crippen molar-refractivity contribution < 1.29 is 14.3 Å². The molecule has 1 aliphatic heterocycles. The predicted molar refractivity (Wildman–Crippen MR) is 82.3 cm³/mol. The van der Waals surface area contributed by atoms with E-state index in [9.17, 15) is 14.3 Å². The van der Waals surface area contributed by atoms with Crippen LogP contribution in [0.3, 0.4) is 0 Å². The van der Waals surface area contributed by atoms with Gasteiger partial charge in [-0.25, -0.2) is 4.39 Å². The number of likely N-dealkylation sites (tertiary alicyclic amines) is 1. The molecular weight excluding hydrogens is 285 g/mol. The molecule has 1 aromatic carbocycles. The fraction of sp³-hybridized carbons (Fsp3) is 0.438. The number of halogens is 1. The number of rotatable bonds is 3. The highest BCUT2D eigenvalue weighted by molar-refractivity contribution is 5.98. The van der Waals surface area contributed by atoms with E-state index in [0.29, 0.717) is 11.1 Å². The van der Waals surface area contributed by atoms with Crippen molar-refractivity contribution >= 4 is 16.8 Å². The van der Waals surface area contributed by atoms with Crippen molar-refractivity contribution in [2.75, 3.05) is 20.2 Å². The normalized spacial score (nSPS) is 22.4. The number of likely N-dealkylation sites (N-methyl/N-ethyl adjacent to an activating group) is 1. The summed E-state index contributed by atoms with van der Waals surface area (Å²) in [5, 5.41) is 13.0. The number of aliphatic hydroxyl groups is 1. The van der Waals surface area contributed by atoms with E-state index in [0.717, 1.165) is 18.5 Å². The lowest BCUT2D eigenvalue weighted by Gasteiger charge is -2.15. The van der Waals surface area contributed by atoms with Crippen molar-refractivity contribution in [2.45, 2.75) is 18.5 Å². The molecule has 1 aliphatic rings. The molecule has 0 bridgehead atoms. The minimum absolute atomic E-state index is 0.0180. The van der Waals surface area contributed by atoms with Gasteiger partial charge in [0.1, 0.15) is 11.5 Å². The van der Waals surface area contributed by atoms with E-state index in [1.54, 1.807) is 23.7 Å². The largest absolute Gasteiger partial charge is 0.395 e. The fourth-order valence-electron chi connectivity index (χ4n) is 3.20. The molecule has 5 nitrogen and oxygen atoms in total. The van der Waals surface area contributed by atoms with E-state index in [1.807, 2.05) is 11.9 Å². The second-order valence-corrected chi connectivity index (χ2v) is 5.97. The molecule has 0 radical (unpaired) electrons.